The smallest absolute Gasteiger partial charge is 0.211 e. The third-order valence-electron chi connectivity index (χ3n) is 0.344. The van der Waals surface area contributed by atoms with Gasteiger partial charge in [0, 0.05) is 6.54 Å². The van der Waals surface area contributed by atoms with E-state index in [1.165, 1.54) is 0 Å². The van der Waals surface area contributed by atoms with E-state index in [0.717, 1.165) is 6.54 Å². The van der Waals surface area contributed by atoms with Crippen molar-refractivity contribution in [1.29, 1.82) is 0 Å². The van der Waals surface area contributed by atoms with Crippen LogP contribution in [0.5, 0.6) is 0 Å². The van der Waals surface area contributed by atoms with Gasteiger partial charge in [-0.3, -0.25) is 0 Å². The van der Waals surface area contributed by atoms with Crippen LogP contribution in [0, 0.1) is 0 Å². The maximum Gasteiger partial charge on any atom is 0.211 e. The molecule has 0 aromatic rings. The minimum Gasteiger partial charge on any atom is -0.373 e. The number of nitrogens with one attached hydrogen (secondary N) is 1. The van der Waals surface area contributed by atoms with Gasteiger partial charge >= 0.3 is 0 Å². The summed E-state index contributed by atoms with van der Waals surface area (Å²) in [4.78, 5) is 0. The third kappa shape index (κ3) is 5.56. The summed E-state index contributed by atoms with van der Waals surface area (Å²) in [6, 6.07) is 0. The second-order valence-corrected chi connectivity index (χ2v) is 1.33. The summed E-state index contributed by atoms with van der Waals surface area (Å²) in [5.74, 6) is 0. The van der Waals surface area contributed by atoms with Crippen molar-refractivity contribution in [3.8, 4) is 0 Å². The van der Waals surface area contributed by atoms with Crippen molar-refractivity contribution in [3.05, 3.63) is 0 Å². The highest BCUT2D eigenvalue weighted by atomic mass is 35.5. The van der Waals surface area contributed by atoms with Crippen molar-refractivity contribution < 1.29 is 0 Å². The molecule has 0 heterocycles. The van der Waals surface area contributed by atoms with Crippen LogP contribution in [0.2, 0.25) is 0 Å². The lowest BCUT2D eigenvalue weighted by Gasteiger charge is -1.88. The molecule has 0 aliphatic rings. The fourth-order valence-electron chi connectivity index (χ4n) is 0.155. The molecule has 4 heteroatoms. The van der Waals surface area contributed by atoms with Crippen molar-refractivity contribution in [1.82, 2.24) is 5.43 Å². The molecule has 0 aromatic heterocycles. The number of hydrogen-bond donors (Lipinski definition) is 2. The predicted octanol–water partition coefficient (Wildman–Crippen LogP) is 0.0644. The molecule has 0 saturated heterocycles. The first-order chi connectivity index (χ1) is 3.27. The molecule has 0 aliphatic carbocycles. The lowest BCUT2D eigenvalue weighted by molar-refractivity contribution is 0.784. The standard InChI is InChI=1S/C3H8ClN3/c1-2-6-7-3(4)5/h6H,2H2,1H3,(H2,5,7). The molecule has 0 spiro atoms. The van der Waals surface area contributed by atoms with Crippen molar-refractivity contribution >= 4 is 16.9 Å². The average molecular weight is 122 g/mol. The fourth-order valence-corrected chi connectivity index (χ4v) is 0.214. The van der Waals surface area contributed by atoms with Crippen molar-refractivity contribution in [2.24, 2.45) is 10.8 Å². The highest BCUT2D eigenvalue weighted by molar-refractivity contribution is 6.64. The van der Waals surface area contributed by atoms with Gasteiger partial charge in [0.1, 0.15) is 0 Å². The summed E-state index contributed by atoms with van der Waals surface area (Å²) in [6.45, 7) is 2.65. The van der Waals surface area contributed by atoms with Crippen molar-refractivity contribution in [3.63, 3.8) is 0 Å². The minimum absolute atomic E-state index is 0.0434. The van der Waals surface area contributed by atoms with Crippen LogP contribution in [0.25, 0.3) is 0 Å². The highest BCUT2D eigenvalue weighted by Gasteiger charge is 1.74. The van der Waals surface area contributed by atoms with Crippen LogP contribution in [0.15, 0.2) is 5.10 Å². The van der Waals surface area contributed by atoms with Crippen LogP contribution >= 0.6 is 11.6 Å². The third-order valence-corrected chi connectivity index (χ3v) is 0.428. The predicted molar refractivity (Wildman–Crippen MR) is 31.2 cm³/mol. The minimum atomic E-state index is 0.0434. The lowest BCUT2D eigenvalue weighted by atomic mass is 10.8. The van der Waals surface area contributed by atoms with Crippen molar-refractivity contribution in [2.75, 3.05) is 6.54 Å². The van der Waals surface area contributed by atoms with Gasteiger partial charge in [0.2, 0.25) is 5.29 Å². The van der Waals surface area contributed by atoms with Gasteiger partial charge in [0.15, 0.2) is 0 Å². The second-order valence-electron chi connectivity index (χ2n) is 0.946. The zero-order valence-corrected chi connectivity index (χ0v) is 4.87. The molecule has 0 amide bonds. The van der Waals surface area contributed by atoms with E-state index < -0.39 is 0 Å². The Morgan fingerprint density at radius 3 is 2.71 bits per heavy atom. The molecule has 0 rings (SSSR count). The number of hydrogen-bond acceptors (Lipinski definition) is 2. The van der Waals surface area contributed by atoms with Crippen molar-refractivity contribution in [2.45, 2.75) is 6.92 Å². The van der Waals surface area contributed by atoms with E-state index in [4.69, 9.17) is 17.3 Å². The Balaban J connectivity index is 3.08. The maximum atomic E-state index is 5.12. The summed E-state index contributed by atoms with van der Waals surface area (Å²) < 4.78 is 0. The first-order valence-corrected chi connectivity index (χ1v) is 2.36. The van der Waals surface area contributed by atoms with Crippen LogP contribution in [0.3, 0.4) is 0 Å². The normalized spacial score (nSPS) is 11.4. The largest absolute Gasteiger partial charge is 0.373 e. The van der Waals surface area contributed by atoms with Gasteiger partial charge < -0.3 is 11.2 Å². The van der Waals surface area contributed by atoms with E-state index in [1.807, 2.05) is 6.92 Å². The van der Waals surface area contributed by atoms with Gasteiger partial charge in [-0.25, -0.2) is 0 Å². The number of halogens is 1. The van der Waals surface area contributed by atoms with E-state index >= 15 is 0 Å². The molecule has 0 aliphatic heterocycles. The van der Waals surface area contributed by atoms with Crippen LogP contribution in [-0.2, 0) is 0 Å². The van der Waals surface area contributed by atoms with Crippen LogP contribution in [0.1, 0.15) is 6.92 Å². The van der Waals surface area contributed by atoms with Gasteiger partial charge in [0.05, 0.1) is 0 Å². The van der Waals surface area contributed by atoms with Gasteiger partial charge in [0.25, 0.3) is 0 Å². The molecular weight excluding hydrogens is 114 g/mol. The topological polar surface area (TPSA) is 50.4 Å². The molecule has 0 radical (unpaired) electrons. The van der Waals surface area contributed by atoms with Crippen LogP contribution < -0.4 is 11.2 Å². The van der Waals surface area contributed by atoms with Gasteiger partial charge in [-0.05, 0) is 18.5 Å². The van der Waals surface area contributed by atoms with E-state index in [2.05, 4.69) is 10.5 Å². The van der Waals surface area contributed by atoms with Crippen LogP contribution in [-0.4, -0.2) is 11.8 Å². The molecular formula is C3H8ClN3. The fraction of sp³-hybridized carbons (Fsp3) is 0.667. The Hall–Kier alpha value is -0.440. The number of nitrogens with zero attached hydrogens (tertiary/aromatic N) is 1. The number of hydrazone groups is 1. The highest BCUT2D eigenvalue weighted by Crippen LogP contribution is 1.68. The van der Waals surface area contributed by atoms with E-state index in [9.17, 15) is 0 Å². The van der Waals surface area contributed by atoms with E-state index in [1.54, 1.807) is 0 Å². The molecule has 3 N–H and O–H groups in total. The molecule has 0 bridgehead atoms. The molecule has 0 aromatic carbocycles. The lowest BCUT2D eigenvalue weighted by Crippen LogP contribution is -2.11. The number of nitrogens with two attached hydrogens (primary N) is 1. The summed E-state index contributed by atoms with van der Waals surface area (Å²) >= 11 is 5.12. The Kier molecular flexibility index (Phi) is 3.50. The summed E-state index contributed by atoms with van der Waals surface area (Å²) in [7, 11) is 0. The Labute approximate surface area is 47.5 Å². The quantitative estimate of drug-likeness (QED) is 0.235. The summed E-state index contributed by atoms with van der Waals surface area (Å²) in [5, 5.41) is 3.50. The zero-order chi connectivity index (χ0) is 5.70. The van der Waals surface area contributed by atoms with E-state index in [-0.39, 0.29) is 5.29 Å². The Morgan fingerprint density at radius 2 is 2.57 bits per heavy atom. The molecule has 0 atom stereocenters. The molecule has 0 fully saturated rings. The monoisotopic (exact) mass is 121 g/mol. The zero-order valence-electron chi connectivity index (χ0n) is 4.11. The number of rotatable bonds is 2. The average Bonchev–Trinajstić information content (AvgIpc) is 1.61. The molecule has 7 heavy (non-hydrogen) atoms. The first-order valence-electron chi connectivity index (χ1n) is 1.99. The van der Waals surface area contributed by atoms with E-state index in [0.29, 0.717) is 0 Å². The molecule has 42 valence electrons. The SMILES string of the molecule is CCN/N=C(\N)Cl. The van der Waals surface area contributed by atoms with Gasteiger partial charge in [-0.1, -0.05) is 0 Å². The summed E-state index contributed by atoms with van der Waals surface area (Å²) in [5.41, 5.74) is 7.51. The molecule has 3 nitrogen and oxygen atoms in total. The molecule has 0 unspecified atom stereocenters. The van der Waals surface area contributed by atoms with Gasteiger partial charge in [-0.2, -0.15) is 0 Å². The maximum absolute atomic E-state index is 5.12. The molecule has 0 saturated carbocycles. The Bertz CT molecular complexity index is 66.6. The Morgan fingerprint density at radius 1 is 2.00 bits per heavy atom. The first kappa shape index (κ1) is 6.56. The van der Waals surface area contributed by atoms with Gasteiger partial charge in [-0.15, -0.1) is 5.10 Å². The summed E-state index contributed by atoms with van der Waals surface area (Å²) in [6.07, 6.45) is 0. The second kappa shape index (κ2) is 3.74. The van der Waals surface area contributed by atoms with Crippen LogP contribution in [0.4, 0.5) is 0 Å². The number of amidine groups is 1.